The van der Waals surface area contributed by atoms with Crippen molar-refractivity contribution in [2.45, 2.75) is 50.4 Å². The number of amides is 2. The number of aliphatic hydroxyl groups is 1. The molecule has 2 fully saturated rings. The summed E-state index contributed by atoms with van der Waals surface area (Å²) in [5.74, 6) is -2.04. The highest BCUT2D eigenvalue weighted by Gasteiger charge is 2.51. The molecule has 4 aliphatic rings. The second kappa shape index (κ2) is 13.1. The monoisotopic (exact) mass is 698 g/mol. The van der Waals surface area contributed by atoms with E-state index in [1.54, 1.807) is 0 Å². The van der Waals surface area contributed by atoms with Crippen LogP contribution < -0.4 is 10.6 Å². The third-order valence-electron chi connectivity index (χ3n) is 9.32. The summed E-state index contributed by atoms with van der Waals surface area (Å²) in [6.07, 6.45) is 4.41. The summed E-state index contributed by atoms with van der Waals surface area (Å²) in [5.41, 5.74) is 1.44. The number of benzene rings is 2. The molecule has 2 atom stereocenters. The van der Waals surface area contributed by atoms with E-state index in [4.69, 9.17) is 32.9 Å². The van der Waals surface area contributed by atoms with Gasteiger partial charge < -0.3 is 20.5 Å². The van der Waals surface area contributed by atoms with Crippen LogP contribution in [0.4, 0.5) is 14.5 Å². The number of carbonyl (C=O) groups is 2. The number of nitrogens with one attached hydrogen (secondary N) is 2. The molecule has 252 valence electrons. The highest BCUT2D eigenvalue weighted by atomic mass is 35.5. The largest absolute Gasteiger partial charge is 0.481 e. The first-order valence-electron chi connectivity index (χ1n) is 15.3. The molecule has 3 N–H and O–H groups in total. The average Bonchev–Trinajstić information content (AvgIpc) is 3.61. The van der Waals surface area contributed by atoms with Crippen LogP contribution in [0.25, 0.3) is 16.8 Å². The molecular formula is C34H34Cl2F2N6O4. The number of hydrogen-bond acceptors (Lipinski definition) is 8. The van der Waals surface area contributed by atoms with E-state index in [-0.39, 0.29) is 61.2 Å². The van der Waals surface area contributed by atoms with Crippen molar-refractivity contribution in [3.63, 3.8) is 0 Å². The van der Waals surface area contributed by atoms with E-state index < -0.39 is 23.8 Å². The van der Waals surface area contributed by atoms with Crippen molar-refractivity contribution in [3.05, 3.63) is 80.9 Å². The Bertz CT molecular complexity index is 1850. The van der Waals surface area contributed by atoms with Crippen LogP contribution in [0, 0.1) is 11.6 Å². The second-order valence-corrected chi connectivity index (χ2v) is 13.2. The van der Waals surface area contributed by atoms with Gasteiger partial charge in [-0.3, -0.25) is 19.5 Å². The lowest BCUT2D eigenvalue weighted by atomic mass is 9.85. The van der Waals surface area contributed by atoms with E-state index in [1.165, 1.54) is 43.6 Å². The molecular weight excluding hydrogens is 665 g/mol. The van der Waals surface area contributed by atoms with Gasteiger partial charge in [-0.1, -0.05) is 35.4 Å². The molecule has 0 aromatic heterocycles. The van der Waals surface area contributed by atoms with Gasteiger partial charge in [0.15, 0.2) is 6.23 Å². The molecule has 1 spiro atoms. The molecule has 48 heavy (non-hydrogen) atoms. The number of ether oxygens (including phenoxy) is 1. The minimum atomic E-state index is -1.32. The predicted octanol–water partition coefficient (Wildman–Crippen LogP) is 5.51. The number of hydrogen-bond donors (Lipinski definition) is 3. The molecule has 6 rings (SSSR count). The number of aliphatic hydroxyl groups excluding tert-OH is 1. The van der Waals surface area contributed by atoms with Gasteiger partial charge in [0.05, 0.1) is 39.7 Å². The average molecular weight is 700 g/mol. The number of likely N-dealkylation sites (N-methyl/N-ethyl adjacent to an activating group) is 1. The van der Waals surface area contributed by atoms with Crippen molar-refractivity contribution >= 4 is 58.5 Å². The highest BCUT2D eigenvalue weighted by molar-refractivity contribution is 6.39. The van der Waals surface area contributed by atoms with Gasteiger partial charge in [-0.2, -0.15) is 5.10 Å². The summed E-state index contributed by atoms with van der Waals surface area (Å²) in [4.78, 5) is 31.8. The number of methoxy groups -OCH3 is 1. The molecule has 2 amide bonds. The number of carbonyl (C=O) groups excluding carboxylic acids is 2. The standard InChI is InChI=1S/C34H34Cl2F2N6O4/c1-17-5-10-24(44-15-34(16-44)13-11-25(45)42-34)26(17)32(48-4)40-18(2)19-6-7-21(37)27(29(19)35)28-22(38)8-9-23(30(28)36)41-31(46)20-12-14-39-43(3)33(20)47/h6-9,12,14,24,33,47H,2,5,10-11,13,15-16H2,1,3-4H3,(H,41,46)(H,42,45)/b40-32+. The minimum Gasteiger partial charge on any atom is -0.481 e. The van der Waals surface area contributed by atoms with Crippen LogP contribution >= 0.6 is 23.2 Å². The van der Waals surface area contributed by atoms with Crippen LogP contribution in [0.2, 0.25) is 10.0 Å². The molecule has 2 aromatic rings. The molecule has 10 nitrogen and oxygen atoms in total. The zero-order valence-electron chi connectivity index (χ0n) is 26.5. The molecule has 3 aliphatic heterocycles. The van der Waals surface area contributed by atoms with Gasteiger partial charge >= 0.3 is 0 Å². The van der Waals surface area contributed by atoms with Gasteiger partial charge in [-0.05, 0) is 56.5 Å². The number of likely N-dealkylation sites (tertiary alicyclic amines) is 1. The fourth-order valence-electron chi connectivity index (χ4n) is 6.81. The van der Waals surface area contributed by atoms with Gasteiger partial charge in [0.1, 0.15) is 11.6 Å². The van der Waals surface area contributed by atoms with Crippen LogP contribution in [-0.4, -0.2) is 84.0 Å². The zero-order chi connectivity index (χ0) is 34.5. The van der Waals surface area contributed by atoms with Crippen LogP contribution in [0.1, 0.15) is 38.2 Å². The molecule has 0 saturated carbocycles. The third kappa shape index (κ3) is 6.02. The first-order valence-corrected chi connectivity index (χ1v) is 16.1. The topological polar surface area (TPSA) is 119 Å². The number of hydrazone groups is 1. The highest BCUT2D eigenvalue weighted by Crippen LogP contribution is 2.44. The molecule has 0 bridgehead atoms. The Balaban J connectivity index is 1.29. The van der Waals surface area contributed by atoms with Crippen LogP contribution in [0.15, 0.2) is 63.7 Å². The van der Waals surface area contributed by atoms with E-state index in [0.717, 1.165) is 55.6 Å². The summed E-state index contributed by atoms with van der Waals surface area (Å²) >= 11 is 13.4. The van der Waals surface area contributed by atoms with Crippen molar-refractivity contribution < 1.29 is 28.2 Å². The van der Waals surface area contributed by atoms with Crippen molar-refractivity contribution in [1.29, 1.82) is 0 Å². The number of allylic oxidation sites excluding steroid dienone is 2. The number of anilines is 1. The predicted molar refractivity (Wildman–Crippen MR) is 182 cm³/mol. The Morgan fingerprint density at radius 3 is 2.52 bits per heavy atom. The Kier molecular flexibility index (Phi) is 9.20. The number of nitrogens with zero attached hydrogens (tertiary/aromatic N) is 4. The zero-order valence-corrected chi connectivity index (χ0v) is 28.1. The lowest BCUT2D eigenvalue weighted by Crippen LogP contribution is -2.69. The van der Waals surface area contributed by atoms with Gasteiger partial charge in [0, 0.05) is 61.1 Å². The van der Waals surface area contributed by atoms with Crippen molar-refractivity contribution in [3.8, 4) is 11.1 Å². The maximum Gasteiger partial charge on any atom is 0.256 e. The van der Waals surface area contributed by atoms with Crippen molar-refractivity contribution in [2.75, 3.05) is 32.6 Å². The minimum absolute atomic E-state index is 0.0301. The first kappa shape index (κ1) is 33.8. The van der Waals surface area contributed by atoms with E-state index in [2.05, 4.69) is 27.2 Å². The fourth-order valence-corrected chi connectivity index (χ4v) is 7.46. The normalized spacial score (nSPS) is 22.2. The molecule has 1 aliphatic carbocycles. The van der Waals surface area contributed by atoms with Crippen LogP contribution in [0.3, 0.4) is 0 Å². The maximum atomic E-state index is 15.5. The molecule has 2 unspecified atom stereocenters. The number of rotatable bonds is 7. The Morgan fingerprint density at radius 1 is 1.17 bits per heavy atom. The van der Waals surface area contributed by atoms with Crippen molar-refractivity contribution in [2.24, 2.45) is 10.1 Å². The number of halogens is 4. The Morgan fingerprint density at radius 2 is 1.85 bits per heavy atom. The lowest BCUT2D eigenvalue weighted by Gasteiger charge is -2.51. The summed E-state index contributed by atoms with van der Waals surface area (Å²) < 4.78 is 36.7. The quantitative estimate of drug-likeness (QED) is 0.259. The van der Waals surface area contributed by atoms with Crippen LogP contribution in [0.5, 0.6) is 0 Å². The summed E-state index contributed by atoms with van der Waals surface area (Å²) in [6.45, 7) is 7.58. The third-order valence-corrected chi connectivity index (χ3v) is 10.1. The summed E-state index contributed by atoms with van der Waals surface area (Å²) in [6, 6.07) is 4.79. The Hall–Kier alpha value is -4.10. The SMILES string of the molecule is C=C(/N=C(/OC)C1=C(C)CCC1N1CC2(CCC(=O)N2)C1)c1ccc(F)c(-c2c(F)ccc(NC(=O)C3=CC=NN(C)C3O)c2Cl)c1Cl. The summed E-state index contributed by atoms with van der Waals surface area (Å²) in [5, 5.41) is 20.6. The van der Waals surface area contributed by atoms with Gasteiger partial charge in [0.25, 0.3) is 5.91 Å². The van der Waals surface area contributed by atoms with Gasteiger partial charge in [-0.25, -0.2) is 13.8 Å². The smallest absolute Gasteiger partial charge is 0.256 e. The maximum absolute atomic E-state index is 15.5. The lowest BCUT2D eigenvalue weighted by molar-refractivity contribution is -0.121. The van der Waals surface area contributed by atoms with E-state index in [1.807, 2.05) is 6.92 Å². The van der Waals surface area contributed by atoms with E-state index >= 15 is 8.78 Å². The molecule has 2 saturated heterocycles. The van der Waals surface area contributed by atoms with E-state index in [0.29, 0.717) is 12.3 Å². The van der Waals surface area contributed by atoms with Gasteiger partial charge in [-0.15, -0.1) is 0 Å². The molecule has 2 aromatic carbocycles. The molecule has 14 heteroatoms. The Labute approximate surface area is 286 Å². The molecule has 0 radical (unpaired) electrons. The number of aliphatic imine (C=N–C) groups is 1. The van der Waals surface area contributed by atoms with Crippen molar-refractivity contribution in [1.82, 2.24) is 15.2 Å². The van der Waals surface area contributed by atoms with E-state index in [9.17, 15) is 14.7 Å². The summed E-state index contributed by atoms with van der Waals surface area (Å²) in [7, 11) is 3.00. The fraction of sp³-hybridized carbons (Fsp3) is 0.353. The first-order chi connectivity index (χ1) is 22.8. The second-order valence-electron chi connectivity index (χ2n) is 12.4. The van der Waals surface area contributed by atoms with Crippen LogP contribution in [-0.2, 0) is 14.3 Å². The van der Waals surface area contributed by atoms with Gasteiger partial charge in [0.2, 0.25) is 11.8 Å². The molecule has 3 heterocycles.